The maximum absolute atomic E-state index is 12.0. The molecule has 1 aromatic heterocycles. The zero-order valence-corrected chi connectivity index (χ0v) is 17.1. The van der Waals surface area contributed by atoms with E-state index in [-0.39, 0.29) is 5.41 Å². The van der Waals surface area contributed by atoms with Crippen LogP contribution in [0.4, 0.5) is 0 Å². The standard InChI is InChI=1S/C24H28N2O2/c1-5-21-22(23(27)28)20(16-11-17-9-7-6-8-10-17)25-26(21)19-14-12-18(13-15-19)24(2,3)4/h6-10,12-15H,5,11,16H2,1-4H3,(H,27,28). The number of aromatic nitrogens is 2. The Labute approximate surface area is 166 Å². The fourth-order valence-electron chi connectivity index (χ4n) is 3.48. The molecule has 3 aromatic rings. The Morgan fingerprint density at radius 3 is 2.18 bits per heavy atom. The quantitative estimate of drug-likeness (QED) is 0.642. The number of benzene rings is 2. The molecular formula is C24H28N2O2. The van der Waals surface area contributed by atoms with Crippen LogP contribution in [0.5, 0.6) is 0 Å². The van der Waals surface area contributed by atoms with E-state index in [4.69, 9.17) is 5.10 Å². The highest BCUT2D eigenvalue weighted by Gasteiger charge is 2.23. The number of aromatic carboxylic acids is 1. The van der Waals surface area contributed by atoms with Crippen molar-refractivity contribution in [3.8, 4) is 5.69 Å². The van der Waals surface area contributed by atoms with E-state index in [0.717, 1.165) is 17.8 Å². The van der Waals surface area contributed by atoms with Crippen molar-refractivity contribution in [1.29, 1.82) is 0 Å². The highest BCUT2D eigenvalue weighted by Crippen LogP contribution is 2.25. The van der Waals surface area contributed by atoms with Gasteiger partial charge in [-0.3, -0.25) is 0 Å². The van der Waals surface area contributed by atoms with E-state index >= 15 is 0 Å². The van der Waals surface area contributed by atoms with E-state index in [1.165, 1.54) is 11.1 Å². The third-order valence-electron chi connectivity index (χ3n) is 5.07. The molecule has 0 radical (unpaired) electrons. The first-order chi connectivity index (χ1) is 13.3. The van der Waals surface area contributed by atoms with Crippen LogP contribution < -0.4 is 0 Å². The molecule has 0 aliphatic rings. The maximum atomic E-state index is 12.0. The lowest BCUT2D eigenvalue weighted by molar-refractivity contribution is 0.0694. The van der Waals surface area contributed by atoms with Gasteiger partial charge in [-0.05, 0) is 47.9 Å². The second kappa shape index (κ2) is 8.01. The molecule has 0 fully saturated rings. The Hall–Kier alpha value is -2.88. The van der Waals surface area contributed by atoms with Crippen LogP contribution in [0.25, 0.3) is 5.69 Å². The van der Waals surface area contributed by atoms with Crippen LogP contribution in [-0.4, -0.2) is 20.9 Å². The van der Waals surface area contributed by atoms with Crippen LogP contribution in [0.15, 0.2) is 54.6 Å². The Balaban J connectivity index is 1.98. The number of aryl methyl sites for hydroxylation is 2. The molecule has 28 heavy (non-hydrogen) atoms. The third-order valence-corrected chi connectivity index (χ3v) is 5.07. The predicted molar refractivity (Wildman–Crippen MR) is 112 cm³/mol. The number of carbonyl (C=O) groups is 1. The van der Waals surface area contributed by atoms with Gasteiger partial charge in [0.15, 0.2) is 0 Å². The van der Waals surface area contributed by atoms with Crippen molar-refractivity contribution in [3.63, 3.8) is 0 Å². The molecule has 4 heteroatoms. The smallest absolute Gasteiger partial charge is 0.339 e. The first-order valence-electron chi connectivity index (χ1n) is 9.80. The molecule has 1 heterocycles. The van der Waals surface area contributed by atoms with Gasteiger partial charge in [-0.2, -0.15) is 5.10 Å². The second-order valence-corrected chi connectivity index (χ2v) is 8.12. The summed E-state index contributed by atoms with van der Waals surface area (Å²) in [6.07, 6.45) is 1.98. The van der Waals surface area contributed by atoms with E-state index in [2.05, 4.69) is 45.0 Å². The number of hydrogen-bond donors (Lipinski definition) is 1. The zero-order valence-electron chi connectivity index (χ0n) is 17.1. The van der Waals surface area contributed by atoms with Crippen LogP contribution in [0.1, 0.15) is 60.6 Å². The van der Waals surface area contributed by atoms with E-state index in [9.17, 15) is 9.90 Å². The monoisotopic (exact) mass is 376 g/mol. The summed E-state index contributed by atoms with van der Waals surface area (Å²) in [5.41, 5.74) is 5.14. The molecule has 0 saturated heterocycles. The van der Waals surface area contributed by atoms with E-state index < -0.39 is 5.97 Å². The Bertz CT molecular complexity index is 949. The molecule has 1 N–H and O–H groups in total. The molecule has 0 unspecified atom stereocenters. The van der Waals surface area contributed by atoms with Gasteiger partial charge in [0, 0.05) is 0 Å². The van der Waals surface area contributed by atoms with Crippen LogP contribution in [0.2, 0.25) is 0 Å². The van der Waals surface area contributed by atoms with Crippen LogP contribution in [-0.2, 0) is 24.7 Å². The minimum Gasteiger partial charge on any atom is -0.478 e. The minimum absolute atomic E-state index is 0.0727. The summed E-state index contributed by atoms with van der Waals surface area (Å²) in [4.78, 5) is 12.0. The Morgan fingerprint density at radius 2 is 1.64 bits per heavy atom. The lowest BCUT2D eigenvalue weighted by Gasteiger charge is -2.19. The van der Waals surface area contributed by atoms with Crippen molar-refractivity contribution >= 4 is 5.97 Å². The lowest BCUT2D eigenvalue weighted by Crippen LogP contribution is -2.11. The number of rotatable bonds is 6. The van der Waals surface area contributed by atoms with E-state index in [0.29, 0.717) is 24.1 Å². The molecule has 0 aliphatic carbocycles. The van der Waals surface area contributed by atoms with Crippen molar-refractivity contribution in [2.45, 2.75) is 52.4 Å². The van der Waals surface area contributed by atoms with Gasteiger partial charge >= 0.3 is 5.97 Å². The summed E-state index contributed by atoms with van der Waals surface area (Å²) in [5, 5.41) is 14.5. The Morgan fingerprint density at radius 1 is 1.00 bits per heavy atom. The number of carboxylic acid groups (broad SMARTS) is 1. The van der Waals surface area contributed by atoms with Crippen molar-refractivity contribution in [2.75, 3.05) is 0 Å². The van der Waals surface area contributed by atoms with Gasteiger partial charge in [-0.1, -0.05) is 70.2 Å². The van der Waals surface area contributed by atoms with Crippen LogP contribution >= 0.6 is 0 Å². The van der Waals surface area contributed by atoms with Crippen molar-refractivity contribution in [3.05, 3.63) is 82.7 Å². The summed E-state index contributed by atoms with van der Waals surface area (Å²) >= 11 is 0. The third kappa shape index (κ3) is 4.16. The fraction of sp³-hybridized carbons (Fsp3) is 0.333. The molecule has 0 bridgehead atoms. The van der Waals surface area contributed by atoms with Gasteiger partial charge in [-0.25, -0.2) is 9.48 Å². The minimum atomic E-state index is -0.905. The van der Waals surface area contributed by atoms with Crippen LogP contribution in [0, 0.1) is 0 Å². The molecule has 0 saturated carbocycles. The average Bonchev–Trinajstić information content (AvgIpc) is 3.05. The van der Waals surface area contributed by atoms with Gasteiger partial charge in [0.1, 0.15) is 5.56 Å². The lowest BCUT2D eigenvalue weighted by atomic mass is 9.87. The largest absolute Gasteiger partial charge is 0.478 e. The first kappa shape index (κ1) is 19.9. The molecule has 146 valence electrons. The normalized spacial score (nSPS) is 11.6. The molecular weight excluding hydrogens is 348 g/mol. The predicted octanol–water partition coefficient (Wildman–Crippen LogP) is 5.22. The van der Waals surface area contributed by atoms with Crippen molar-refractivity contribution < 1.29 is 9.90 Å². The molecule has 0 atom stereocenters. The number of carboxylic acids is 1. The molecule has 3 rings (SSSR count). The molecule has 0 amide bonds. The topological polar surface area (TPSA) is 55.1 Å². The molecule has 0 spiro atoms. The van der Waals surface area contributed by atoms with Gasteiger partial charge in [0.2, 0.25) is 0 Å². The number of hydrogen-bond acceptors (Lipinski definition) is 2. The second-order valence-electron chi connectivity index (χ2n) is 8.12. The summed E-state index contributed by atoms with van der Waals surface area (Å²) in [6.45, 7) is 8.51. The SMILES string of the molecule is CCc1c(C(=O)O)c(CCc2ccccc2)nn1-c1ccc(C(C)(C)C)cc1. The molecule has 0 aliphatic heterocycles. The fourth-order valence-corrected chi connectivity index (χ4v) is 3.48. The summed E-state index contributed by atoms with van der Waals surface area (Å²) < 4.78 is 1.80. The van der Waals surface area contributed by atoms with Crippen LogP contribution in [0.3, 0.4) is 0 Å². The van der Waals surface area contributed by atoms with Gasteiger partial charge in [-0.15, -0.1) is 0 Å². The molecule has 2 aromatic carbocycles. The van der Waals surface area contributed by atoms with Crippen molar-refractivity contribution in [2.24, 2.45) is 0 Å². The number of nitrogens with zero attached hydrogens (tertiary/aromatic N) is 2. The molecule has 4 nitrogen and oxygen atoms in total. The van der Waals surface area contributed by atoms with Gasteiger partial charge in [0.25, 0.3) is 0 Å². The van der Waals surface area contributed by atoms with Gasteiger partial charge < -0.3 is 5.11 Å². The summed E-state index contributed by atoms with van der Waals surface area (Å²) in [7, 11) is 0. The summed E-state index contributed by atoms with van der Waals surface area (Å²) in [6, 6.07) is 18.4. The maximum Gasteiger partial charge on any atom is 0.339 e. The Kier molecular flexibility index (Phi) is 5.68. The highest BCUT2D eigenvalue weighted by molar-refractivity contribution is 5.90. The van der Waals surface area contributed by atoms with E-state index in [1.54, 1.807) is 4.68 Å². The average molecular weight is 377 g/mol. The van der Waals surface area contributed by atoms with Gasteiger partial charge in [0.05, 0.1) is 17.1 Å². The van der Waals surface area contributed by atoms with Crippen molar-refractivity contribution in [1.82, 2.24) is 9.78 Å². The zero-order chi connectivity index (χ0) is 20.3. The van der Waals surface area contributed by atoms with E-state index in [1.807, 2.05) is 37.3 Å². The summed E-state index contributed by atoms with van der Waals surface area (Å²) in [5.74, 6) is -0.905. The first-order valence-corrected chi connectivity index (χ1v) is 9.80. The highest BCUT2D eigenvalue weighted by atomic mass is 16.4.